The van der Waals surface area contributed by atoms with Crippen LogP contribution in [0.3, 0.4) is 0 Å². The summed E-state index contributed by atoms with van der Waals surface area (Å²) in [7, 11) is -1.94. The van der Waals surface area contributed by atoms with Gasteiger partial charge in [0, 0.05) is 24.7 Å². The Balaban J connectivity index is 2.00. The highest BCUT2D eigenvalue weighted by atomic mass is 32.2. The summed E-state index contributed by atoms with van der Waals surface area (Å²) in [5.74, 6) is -0.226. The van der Waals surface area contributed by atoms with Gasteiger partial charge >= 0.3 is 0 Å². The number of hydrogen-bond donors (Lipinski definition) is 2. The van der Waals surface area contributed by atoms with Gasteiger partial charge in [-0.25, -0.2) is 13.4 Å². The van der Waals surface area contributed by atoms with Crippen LogP contribution in [0.25, 0.3) is 11.0 Å². The van der Waals surface area contributed by atoms with E-state index >= 15 is 0 Å². The van der Waals surface area contributed by atoms with Gasteiger partial charge in [0.1, 0.15) is 5.65 Å². The maximum absolute atomic E-state index is 12.5. The van der Waals surface area contributed by atoms with Crippen molar-refractivity contribution in [1.29, 1.82) is 0 Å². The van der Waals surface area contributed by atoms with Gasteiger partial charge in [0.25, 0.3) is 15.9 Å². The van der Waals surface area contributed by atoms with Crippen LogP contribution in [0.2, 0.25) is 0 Å². The number of hydrogen-bond acceptors (Lipinski definition) is 4. The van der Waals surface area contributed by atoms with Crippen LogP contribution in [0, 0.1) is 0 Å². The zero-order valence-electron chi connectivity index (χ0n) is 14.7. The molecule has 2 N–H and O–H groups in total. The van der Waals surface area contributed by atoms with Crippen molar-refractivity contribution in [2.45, 2.75) is 24.8 Å². The Morgan fingerprint density at radius 3 is 2.54 bits per heavy atom. The minimum absolute atomic E-state index is 0.00881. The summed E-state index contributed by atoms with van der Waals surface area (Å²) in [6.45, 7) is 3.75. The molecule has 0 saturated carbocycles. The van der Waals surface area contributed by atoms with Gasteiger partial charge < -0.3 is 9.88 Å². The minimum Gasteiger partial charge on any atom is -0.350 e. The third kappa shape index (κ3) is 3.55. The average molecular weight is 372 g/mol. The van der Waals surface area contributed by atoms with Crippen LogP contribution in [-0.2, 0) is 17.1 Å². The van der Waals surface area contributed by atoms with Crippen LogP contribution < -0.4 is 10.0 Å². The summed E-state index contributed by atoms with van der Waals surface area (Å²) < 4.78 is 29.2. The third-order valence-electron chi connectivity index (χ3n) is 3.78. The molecule has 136 valence electrons. The zero-order valence-corrected chi connectivity index (χ0v) is 15.5. The smallest absolute Gasteiger partial charge is 0.261 e. The van der Waals surface area contributed by atoms with Crippen molar-refractivity contribution < 1.29 is 13.2 Å². The maximum atomic E-state index is 12.5. The number of nitrogens with zero attached hydrogens (tertiary/aromatic N) is 2. The first-order chi connectivity index (χ1) is 12.3. The Bertz CT molecular complexity index is 1060. The van der Waals surface area contributed by atoms with E-state index < -0.39 is 10.0 Å². The number of aromatic nitrogens is 2. The van der Waals surface area contributed by atoms with E-state index in [9.17, 15) is 13.2 Å². The topological polar surface area (TPSA) is 93.1 Å². The Morgan fingerprint density at radius 1 is 1.19 bits per heavy atom. The van der Waals surface area contributed by atoms with E-state index in [1.165, 1.54) is 18.3 Å². The molecule has 3 aromatic rings. The summed E-state index contributed by atoms with van der Waals surface area (Å²) in [5.41, 5.74) is 1.34. The van der Waals surface area contributed by atoms with Gasteiger partial charge in [-0.3, -0.25) is 9.52 Å². The van der Waals surface area contributed by atoms with Gasteiger partial charge in [0.15, 0.2) is 0 Å². The quantitative estimate of drug-likeness (QED) is 0.720. The summed E-state index contributed by atoms with van der Waals surface area (Å²) in [4.78, 5) is 16.9. The van der Waals surface area contributed by atoms with E-state index in [1.807, 2.05) is 13.8 Å². The number of carbonyl (C=O) groups is 1. The highest BCUT2D eigenvalue weighted by molar-refractivity contribution is 7.92. The SMILES string of the molecule is CC(C)NC(=O)c1cn(C)c2ncc(NS(=O)(=O)c3ccccc3)cc12. The number of aryl methyl sites for hydroxylation is 1. The molecule has 0 spiro atoms. The molecule has 0 atom stereocenters. The lowest BCUT2D eigenvalue weighted by atomic mass is 10.2. The monoisotopic (exact) mass is 372 g/mol. The number of sulfonamides is 1. The van der Waals surface area contributed by atoms with Crippen molar-refractivity contribution in [3.8, 4) is 0 Å². The van der Waals surface area contributed by atoms with Gasteiger partial charge in [-0.05, 0) is 32.0 Å². The second-order valence-electron chi connectivity index (χ2n) is 6.30. The van der Waals surface area contributed by atoms with Crippen molar-refractivity contribution in [2.24, 2.45) is 7.05 Å². The standard InChI is InChI=1S/C18H20N4O3S/c1-12(2)20-18(23)16-11-22(3)17-15(16)9-13(10-19-17)21-26(24,25)14-7-5-4-6-8-14/h4-12,21H,1-3H3,(H,20,23). The van der Waals surface area contributed by atoms with Crippen molar-refractivity contribution in [1.82, 2.24) is 14.9 Å². The van der Waals surface area contributed by atoms with Crippen LogP contribution >= 0.6 is 0 Å². The summed E-state index contributed by atoms with van der Waals surface area (Å²) in [6, 6.07) is 9.69. The maximum Gasteiger partial charge on any atom is 0.261 e. The molecular formula is C18H20N4O3S. The number of benzene rings is 1. The predicted octanol–water partition coefficient (Wildman–Crippen LogP) is 2.51. The Hall–Kier alpha value is -2.87. The van der Waals surface area contributed by atoms with Crippen molar-refractivity contribution in [3.05, 3.63) is 54.4 Å². The highest BCUT2D eigenvalue weighted by Gasteiger charge is 2.18. The molecule has 0 bridgehead atoms. The fourth-order valence-corrected chi connectivity index (χ4v) is 3.71. The molecule has 2 heterocycles. The molecule has 26 heavy (non-hydrogen) atoms. The molecule has 2 aromatic heterocycles. The number of rotatable bonds is 5. The molecule has 0 unspecified atom stereocenters. The van der Waals surface area contributed by atoms with E-state index in [0.717, 1.165) is 0 Å². The average Bonchev–Trinajstić information content (AvgIpc) is 2.91. The summed E-state index contributed by atoms with van der Waals surface area (Å²) >= 11 is 0. The molecule has 7 nitrogen and oxygen atoms in total. The predicted molar refractivity (Wildman–Crippen MR) is 101 cm³/mol. The molecule has 1 amide bonds. The number of carbonyl (C=O) groups excluding carboxylic acids is 1. The van der Waals surface area contributed by atoms with Crippen LogP contribution in [0.15, 0.2) is 53.7 Å². The van der Waals surface area contributed by atoms with Crippen molar-refractivity contribution in [2.75, 3.05) is 4.72 Å². The third-order valence-corrected chi connectivity index (χ3v) is 5.18. The Labute approximate surface area is 152 Å². The molecule has 8 heteroatoms. The van der Waals surface area contributed by atoms with E-state index in [1.54, 1.807) is 42.1 Å². The van der Waals surface area contributed by atoms with Gasteiger partial charge in [0.05, 0.1) is 22.3 Å². The molecular weight excluding hydrogens is 352 g/mol. The molecule has 1 aromatic carbocycles. The van der Waals surface area contributed by atoms with E-state index in [2.05, 4.69) is 15.0 Å². The lowest BCUT2D eigenvalue weighted by Crippen LogP contribution is -2.29. The fourth-order valence-electron chi connectivity index (χ4n) is 2.65. The van der Waals surface area contributed by atoms with Gasteiger partial charge in [-0.1, -0.05) is 18.2 Å². The van der Waals surface area contributed by atoms with Gasteiger partial charge in [-0.2, -0.15) is 0 Å². The van der Waals surface area contributed by atoms with Gasteiger partial charge in [0.2, 0.25) is 0 Å². The van der Waals surface area contributed by atoms with Crippen molar-refractivity contribution >= 4 is 32.7 Å². The molecule has 0 aliphatic carbocycles. The molecule has 3 rings (SSSR count). The zero-order chi connectivity index (χ0) is 18.9. The normalized spacial score (nSPS) is 11.7. The van der Waals surface area contributed by atoms with Crippen LogP contribution in [0.5, 0.6) is 0 Å². The molecule has 0 saturated heterocycles. The summed E-state index contributed by atoms with van der Waals surface area (Å²) in [5, 5.41) is 3.42. The molecule has 0 aliphatic heterocycles. The number of amides is 1. The van der Waals surface area contributed by atoms with E-state index in [4.69, 9.17) is 0 Å². The highest BCUT2D eigenvalue weighted by Crippen LogP contribution is 2.24. The Morgan fingerprint density at radius 2 is 1.88 bits per heavy atom. The molecule has 0 aliphatic rings. The first-order valence-electron chi connectivity index (χ1n) is 8.12. The number of anilines is 1. The first kappa shape index (κ1) is 17.9. The lowest BCUT2D eigenvalue weighted by molar-refractivity contribution is 0.0944. The second-order valence-corrected chi connectivity index (χ2v) is 7.98. The Kier molecular flexibility index (Phi) is 4.69. The molecule has 0 fully saturated rings. The van der Waals surface area contributed by atoms with Crippen LogP contribution in [0.4, 0.5) is 5.69 Å². The lowest BCUT2D eigenvalue weighted by Gasteiger charge is -2.09. The number of fused-ring (bicyclic) bond motifs is 1. The molecule has 0 radical (unpaired) electrons. The fraction of sp³-hybridized carbons (Fsp3) is 0.222. The van der Waals surface area contributed by atoms with E-state index in [-0.39, 0.29) is 16.8 Å². The van der Waals surface area contributed by atoms with Crippen molar-refractivity contribution in [3.63, 3.8) is 0 Å². The second kappa shape index (κ2) is 6.80. The first-order valence-corrected chi connectivity index (χ1v) is 9.60. The largest absolute Gasteiger partial charge is 0.350 e. The number of nitrogens with one attached hydrogen (secondary N) is 2. The number of pyridine rings is 1. The van der Waals surface area contributed by atoms with Gasteiger partial charge in [-0.15, -0.1) is 0 Å². The van der Waals surface area contributed by atoms with Crippen LogP contribution in [0.1, 0.15) is 24.2 Å². The van der Waals surface area contributed by atoms with Crippen LogP contribution in [-0.4, -0.2) is 29.9 Å². The minimum atomic E-state index is -3.72. The van der Waals surface area contributed by atoms with E-state index in [0.29, 0.717) is 22.3 Å². The summed E-state index contributed by atoms with van der Waals surface area (Å²) in [6.07, 6.45) is 3.12.